The first kappa shape index (κ1) is 9.26. The molecule has 0 spiro atoms. The van der Waals surface area contributed by atoms with E-state index in [0.29, 0.717) is 0 Å². The summed E-state index contributed by atoms with van der Waals surface area (Å²) in [7, 11) is 0. The molecule has 1 aromatic carbocycles. The molecule has 0 bridgehead atoms. The van der Waals surface area contributed by atoms with Gasteiger partial charge in [0.05, 0.1) is 6.61 Å². The van der Waals surface area contributed by atoms with Crippen LogP contribution in [0.1, 0.15) is 31.2 Å². The van der Waals surface area contributed by atoms with Crippen LogP contribution >= 0.6 is 0 Å². The number of rotatable bonds is 0. The highest BCUT2D eigenvalue weighted by Crippen LogP contribution is 2.37. The summed E-state index contributed by atoms with van der Waals surface area (Å²) >= 11 is 0. The van der Waals surface area contributed by atoms with Crippen molar-refractivity contribution in [1.82, 2.24) is 0 Å². The summed E-state index contributed by atoms with van der Waals surface area (Å²) in [6, 6.07) is 8.55. The van der Waals surface area contributed by atoms with Gasteiger partial charge in [-0.1, -0.05) is 31.0 Å². The van der Waals surface area contributed by atoms with Crippen LogP contribution in [0.25, 0.3) is 0 Å². The van der Waals surface area contributed by atoms with E-state index in [1.807, 2.05) is 0 Å². The standard InChI is InChI=1S/C14H18O/c1-2-7-13-10-15-14-8-4-3-6-12(14)9-11(13)5-1/h3-4,6,8,11,13H,1-2,5,7,9-10H2/t11-,13-/m1/s1. The topological polar surface area (TPSA) is 9.23 Å². The van der Waals surface area contributed by atoms with Gasteiger partial charge >= 0.3 is 0 Å². The van der Waals surface area contributed by atoms with Gasteiger partial charge in [-0.15, -0.1) is 0 Å². The minimum absolute atomic E-state index is 0.811. The maximum absolute atomic E-state index is 5.92. The van der Waals surface area contributed by atoms with Crippen LogP contribution in [0.3, 0.4) is 0 Å². The third kappa shape index (κ3) is 1.75. The Balaban J connectivity index is 1.88. The van der Waals surface area contributed by atoms with E-state index in [9.17, 15) is 0 Å². The molecule has 1 aromatic rings. The lowest BCUT2D eigenvalue weighted by molar-refractivity contribution is 0.163. The highest BCUT2D eigenvalue weighted by atomic mass is 16.5. The fraction of sp³-hybridized carbons (Fsp3) is 0.571. The predicted octanol–water partition coefficient (Wildman–Crippen LogP) is 3.43. The molecule has 1 heteroatoms. The highest BCUT2D eigenvalue weighted by molar-refractivity contribution is 5.34. The Morgan fingerprint density at radius 2 is 1.80 bits per heavy atom. The summed E-state index contributed by atoms with van der Waals surface area (Å²) in [5.74, 6) is 2.82. The number of hydrogen-bond donors (Lipinski definition) is 0. The molecule has 1 fully saturated rings. The van der Waals surface area contributed by atoms with Crippen molar-refractivity contribution >= 4 is 0 Å². The summed E-state index contributed by atoms with van der Waals surface area (Å²) in [4.78, 5) is 0. The molecule has 1 aliphatic carbocycles. The number of fused-ring (bicyclic) bond motifs is 2. The first-order valence-corrected chi connectivity index (χ1v) is 6.14. The summed E-state index contributed by atoms with van der Waals surface area (Å²) in [6.07, 6.45) is 6.84. The zero-order valence-electron chi connectivity index (χ0n) is 9.11. The number of para-hydroxylation sites is 1. The normalized spacial score (nSPS) is 29.6. The highest BCUT2D eigenvalue weighted by Gasteiger charge is 2.29. The van der Waals surface area contributed by atoms with Gasteiger partial charge in [-0.2, -0.15) is 0 Å². The van der Waals surface area contributed by atoms with Crippen molar-refractivity contribution in [2.75, 3.05) is 6.61 Å². The average Bonchev–Trinajstić information content (AvgIpc) is 2.48. The second-order valence-corrected chi connectivity index (χ2v) is 4.93. The molecule has 0 amide bonds. The molecule has 15 heavy (non-hydrogen) atoms. The molecular weight excluding hydrogens is 184 g/mol. The number of benzene rings is 1. The van der Waals surface area contributed by atoms with Crippen molar-refractivity contribution in [3.63, 3.8) is 0 Å². The maximum Gasteiger partial charge on any atom is 0.122 e. The molecule has 80 valence electrons. The molecule has 2 atom stereocenters. The molecule has 0 N–H and O–H groups in total. The molecule has 3 rings (SSSR count). The van der Waals surface area contributed by atoms with Crippen LogP contribution in [-0.2, 0) is 6.42 Å². The lowest BCUT2D eigenvalue weighted by Crippen LogP contribution is -2.24. The third-order valence-electron chi connectivity index (χ3n) is 3.97. The van der Waals surface area contributed by atoms with Crippen LogP contribution in [0, 0.1) is 11.8 Å². The van der Waals surface area contributed by atoms with Gasteiger partial charge < -0.3 is 4.74 Å². The van der Waals surface area contributed by atoms with Crippen molar-refractivity contribution in [2.24, 2.45) is 11.8 Å². The summed E-state index contributed by atoms with van der Waals surface area (Å²) in [5.41, 5.74) is 1.42. The van der Waals surface area contributed by atoms with E-state index in [2.05, 4.69) is 24.3 Å². The summed E-state index contributed by atoms with van der Waals surface area (Å²) in [6.45, 7) is 0.946. The van der Waals surface area contributed by atoms with Crippen molar-refractivity contribution in [3.05, 3.63) is 29.8 Å². The molecule has 0 saturated heterocycles. The van der Waals surface area contributed by atoms with Gasteiger partial charge in [0.2, 0.25) is 0 Å². The molecule has 0 unspecified atom stereocenters. The van der Waals surface area contributed by atoms with Gasteiger partial charge in [-0.25, -0.2) is 0 Å². The van der Waals surface area contributed by atoms with E-state index in [-0.39, 0.29) is 0 Å². The Morgan fingerprint density at radius 3 is 2.73 bits per heavy atom. The fourth-order valence-corrected chi connectivity index (χ4v) is 3.07. The molecule has 1 heterocycles. The van der Waals surface area contributed by atoms with Crippen LogP contribution in [-0.4, -0.2) is 6.61 Å². The van der Waals surface area contributed by atoms with E-state index < -0.39 is 0 Å². The minimum Gasteiger partial charge on any atom is -0.493 e. The van der Waals surface area contributed by atoms with Gasteiger partial charge in [-0.3, -0.25) is 0 Å². The van der Waals surface area contributed by atoms with Crippen LogP contribution in [0.5, 0.6) is 5.75 Å². The first-order valence-electron chi connectivity index (χ1n) is 6.14. The quantitative estimate of drug-likeness (QED) is 0.626. The van der Waals surface area contributed by atoms with E-state index in [0.717, 1.165) is 24.2 Å². The van der Waals surface area contributed by atoms with E-state index in [1.54, 1.807) is 0 Å². The Kier molecular flexibility index (Phi) is 2.40. The smallest absolute Gasteiger partial charge is 0.122 e. The Hall–Kier alpha value is -0.980. The van der Waals surface area contributed by atoms with Crippen molar-refractivity contribution in [2.45, 2.75) is 32.1 Å². The average molecular weight is 202 g/mol. The molecule has 0 radical (unpaired) electrons. The van der Waals surface area contributed by atoms with Crippen molar-refractivity contribution < 1.29 is 4.74 Å². The zero-order chi connectivity index (χ0) is 10.1. The van der Waals surface area contributed by atoms with E-state index >= 15 is 0 Å². The van der Waals surface area contributed by atoms with E-state index in [4.69, 9.17) is 4.74 Å². The monoisotopic (exact) mass is 202 g/mol. The first-order chi connectivity index (χ1) is 7.43. The number of ether oxygens (including phenoxy) is 1. The second kappa shape index (κ2) is 3.88. The fourth-order valence-electron chi connectivity index (χ4n) is 3.07. The Bertz CT molecular complexity index is 345. The summed E-state index contributed by atoms with van der Waals surface area (Å²) < 4.78 is 5.92. The lowest BCUT2D eigenvalue weighted by Gasteiger charge is -2.28. The maximum atomic E-state index is 5.92. The largest absolute Gasteiger partial charge is 0.493 e. The van der Waals surface area contributed by atoms with Crippen LogP contribution < -0.4 is 4.74 Å². The van der Waals surface area contributed by atoms with Crippen molar-refractivity contribution in [3.8, 4) is 5.75 Å². The molecule has 2 aliphatic rings. The zero-order valence-corrected chi connectivity index (χ0v) is 9.11. The lowest BCUT2D eigenvalue weighted by atomic mass is 9.77. The van der Waals surface area contributed by atoms with Gasteiger partial charge in [0.15, 0.2) is 0 Å². The SMILES string of the molecule is c1ccc2c(c1)C[C@H]1CCCC[C@@H]1CO2. The molecule has 0 aromatic heterocycles. The molecular formula is C14H18O. The van der Waals surface area contributed by atoms with Gasteiger partial charge in [-0.05, 0) is 42.7 Å². The van der Waals surface area contributed by atoms with Crippen LogP contribution in [0.4, 0.5) is 0 Å². The Morgan fingerprint density at radius 1 is 1.00 bits per heavy atom. The number of hydrogen-bond acceptors (Lipinski definition) is 1. The minimum atomic E-state index is 0.811. The van der Waals surface area contributed by atoms with Gasteiger partial charge in [0.25, 0.3) is 0 Å². The summed E-state index contributed by atoms with van der Waals surface area (Å²) in [5, 5.41) is 0. The predicted molar refractivity (Wildman–Crippen MR) is 61.1 cm³/mol. The second-order valence-electron chi connectivity index (χ2n) is 4.93. The van der Waals surface area contributed by atoms with Gasteiger partial charge in [0, 0.05) is 0 Å². The third-order valence-corrected chi connectivity index (χ3v) is 3.97. The van der Waals surface area contributed by atoms with Crippen molar-refractivity contribution in [1.29, 1.82) is 0 Å². The van der Waals surface area contributed by atoms with Crippen LogP contribution in [0.2, 0.25) is 0 Å². The molecule has 1 aliphatic heterocycles. The van der Waals surface area contributed by atoms with E-state index in [1.165, 1.54) is 37.7 Å². The van der Waals surface area contributed by atoms with Crippen LogP contribution in [0.15, 0.2) is 24.3 Å². The molecule has 1 saturated carbocycles. The van der Waals surface area contributed by atoms with Gasteiger partial charge in [0.1, 0.15) is 5.75 Å². The molecule has 1 nitrogen and oxygen atoms in total. The Labute approximate surface area is 91.5 Å².